The molecule has 2 saturated heterocycles. The number of hydrogen-bond donors (Lipinski definition) is 0. The molecule has 6 rings (SSSR count). The number of piperazine rings is 1. The highest BCUT2D eigenvalue weighted by atomic mass is 28.3. The average Bonchev–Trinajstić information content (AvgIpc) is 3.43. The van der Waals surface area contributed by atoms with Crippen molar-refractivity contribution in [3.05, 3.63) is 58.9 Å². The third-order valence-corrected chi connectivity index (χ3v) is 18.7. The molecule has 9 nitrogen and oxygen atoms in total. The Bertz CT molecular complexity index is 2280. The van der Waals surface area contributed by atoms with Crippen molar-refractivity contribution in [3.8, 4) is 28.5 Å². The molecule has 3 atom stereocenters. The zero-order chi connectivity index (χ0) is 43.1. The Morgan fingerprint density at radius 3 is 2.22 bits per heavy atom. The molecule has 0 aliphatic carbocycles. The van der Waals surface area contributed by atoms with Gasteiger partial charge >= 0.3 is 6.09 Å². The Balaban J connectivity index is 1.59. The van der Waals surface area contributed by atoms with Gasteiger partial charge in [0.05, 0.1) is 17.6 Å². The second kappa shape index (κ2) is 17.2. The minimum atomic E-state index is -2.30. The quantitative estimate of drug-likeness (QED) is 0.0639. The van der Waals surface area contributed by atoms with E-state index in [0.717, 1.165) is 19.1 Å². The predicted molar refractivity (Wildman–Crippen MR) is 234 cm³/mol. The van der Waals surface area contributed by atoms with E-state index >= 15 is 8.78 Å². The monoisotopic (exact) mass is 826 g/mol. The number of halogens is 2. The van der Waals surface area contributed by atoms with Crippen molar-refractivity contribution in [2.24, 2.45) is 0 Å². The summed E-state index contributed by atoms with van der Waals surface area (Å²) in [5.41, 5.74) is 5.76. The lowest BCUT2D eigenvalue weighted by atomic mass is 9.92. The highest BCUT2D eigenvalue weighted by Crippen LogP contribution is 2.44. The molecule has 4 aromatic rings. The van der Waals surface area contributed by atoms with Crippen molar-refractivity contribution < 1.29 is 32.6 Å². The van der Waals surface area contributed by atoms with E-state index in [4.69, 9.17) is 24.2 Å². The van der Waals surface area contributed by atoms with Crippen molar-refractivity contribution in [1.82, 2.24) is 14.9 Å². The molecule has 2 aromatic carbocycles. The number of aryl methyl sites for hydroxylation is 1. The molecule has 2 aliphatic rings. The maximum atomic E-state index is 17.9. The molecule has 0 radical (unpaired) electrons. The number of pyridine rings is 2. The Hall–Kier alpha value is -4.60. The predicted octanol–water partition coefficient (Wildman–Crippen LogP) is 10.9. The molecular weight excluding hydrogens is 767 g/mol. The number of methoxy groups -OCH3 is 1. The van der Waals surface area contributed by atoms with Crippen LogP contribution in [0.5, 0.6) is 5.75 Å². The first-order valence-electron chi connectivity index (χ1n) is 20.9. The molecule has 12 heteroatoms. The number of hydrogen-bond acceptors (Lipinski definition) is 8. The van der Waals surface area contributed by atoms with Gasteiger partial charge in [-0.3, -0.25) is 9.88 Å². The van der Waals surface area contributed by atoms with Crippen LogP contribution in [0.25, 0.3) is 32.8 Å². The van der Waals surface area contributed by atoms with E-state index in [2.05, 4.69) is 57.9 Å². The first-order valence-corrected chi connectivity index (χ1v) is 23.2. The molecule has 1 amide bonds. The summed E-state index contributed by atoms with van der Waals surface area (Å²) in [5, 5.41) is 1.90. The van der Waals surface area contributed by atoms with Crippen LogP contribution in [-0.2, 0) is 14.3 Å². The molecule has 316 valence electrons. The van der Waals surface area contributed by atoms with Gasteiger partial charge in [-0.2, -0.15) is 0 Å². The highest BCUT2D eigenvalue weighted by molar-refractivity contribution is 6.90. The molecule has 0 saturated carbocycles. The van der Waals surface area contributed by atoms with Crippen LogP contribution in [0.3, 0.4) is 0 Å². The number of carbonyl (C=O) groups excluding carboxylic acids is 2. The van der Waals surface area contributed by atoms with Crippen LogP contribution in [0.1, 0.15) is 111 Å². The van der Waals surface area contributed by atoms with Gasteiger partial charge in [-0.1, -0.05) is 60.5 Å². The van der Waals surface area contributed by atoms with Crippen molar-refractivity contribution in [3.63, 3.8) is 0 Å². The number of ether oxygens (including phenoxy) is 3. The average molecular weight is 827 g/mol. The van der Waals surface area contributed by atoms with Gasteiger partial charge < -0.3 is 23.9 Å². The normalized spacial score (nSPS) is 17.6. The second-order valence-electron chi connectivity index (χ2n) is 18.3. The van der Waals surface area contributed by atoms with Crippen molar-refractivity contribution >= 4 is 47.8 Å². The fourth-order valence-corrected chi connectivity index (χ4v) is 15.0. The maximum absolute atomic E-state index is 17.9. The molecule has 0 N–H and O–H groups in total. The van der Waals surface area contributed by atoms with E-state index in [0.29, 0.717) is 79.6 Å². The lowest BCUT2D eigenvalue weighted by Crippen LogP contribution is -2.57. The summed E-state index contributed by atoms with van der Waals surface area (Å²) in [6.45, 7) is 23.5. The molecular formula is C47H60F2N4O5Si. The summed E-state index contributed by atoms with van der Waals surface area (Å²) < 4.78 is 51.1. The fraction of sp³-hybridized carbons (Fsp3) is 0.532. The third-order valence-electron chi connectivity index (χ3n) is 12.5. The molecule has 2 fully saturated rings. The van der Waals surface area contributed by atoms with Gasteiger partial charge in [0, 0.05) is 66.2 Å². The minimum absolute atomic E-state index is 0.0168. The highest BCUT2D eigenvalue weighted by Gasteiger charge is 2.45. The zero-order valence-corrected chi connectivity index (χ0v) is 37.8. The number of amides is 1. The SMILES string of the molecule is COCOc1cc(-c2ncc3c(N4CC5CCC(C4)N5C(=O)OC(C)(C)C)nc(C(C)CC=O)c(C)c3c2F)c2c(C#C[Si](C(C)C)(C(C)C)C(C)C)c(F)ccc2c1. The van der Waals surface area contributed by atoms with Gasteiger partial charge in [0.25, 0.3) is 0 Å². The molecule has 2 aliphatic heterocycles. The number of aldehydes is 1. The number of benzene rings is 2. The fourth-order valence-electron chi connectivity index (χ4n) is 9.80. The van der Waals surface area contributed by atoms with Crippen molar-refractivity contribution in [2.45, 2.75) is 136 Å². The minimum Gasteiger partial charge on any atom is -0.468 e. The third kappa shape index (κ3) is 8.30. The standard InChI is InChI=1S/C47H60F2N4O5Si/c1-27(2)59(28(3)4,29(5)6)20-18-36-39(48)16-13-32-21-35(57-26-56-12)22-37(41(32)36)44-42(49)40-31(8)43(30(7)17-19-54)51-45(38(40)23-50-44)52-24-33-14-15-34(25-52)53(33)46(55)58-47(9,10)11/h13,16,19,21-23,27-30,33-34H,14-15,17,24-26H2,1-12H3. The first kappa shape index (κ1) is 44.0. The Labute approximate surface area is 349 Å². The van der Waals surface area contributed by atoms with E-state index in [1.54, 1.807) is 24.4 Å². The lowest BCUT2D eigenvalue weighted by molar-refractivity contribution is -0.108. The Morgan fingerprint density at radius 2 is 1.64 bits per heavy atom. The van der Waals surface area contributed by atoms with Gasteiger partial charge in [-0.05, 0) is 86.3 Å². The number of rotatable bonds is 11. The van der Waals surface area contributed by atoms with E-state index < -0.39 is 25.3 Å². The van der Waals surface area contributed by atoms with Crippen LogP contribution in [0.4, 0.5) is 19.4 Å². The number of carbonyl (C=O) groups is 2. The van der Waals surface area contributed by atoms with Crippen molar-refractivity contribution in [2.75, 3.05) is 31.9 Å². The van der Waals surface area contributed by atoms with Crippen LogP contribution in [0.2, 0.25) is 16.6 Å². The summed E-state index contributed by atoms with van der Waals surface area (Å²) >= 11 is 0. The summed E-state index contributed by atoms with van der Waals surface area (Å²) in [6, 6.07) is 6.30. The van der Waals surface area contributed by atoms with Gasteiger partial charge in [0.1, 0.15) is 43.0 Å². The van der Waals surface area contributed by atoms with Crippen LogP contribution in [-0.4, -0.2) is 80.0 Å². The van der Waals surface area contributed by atoms with Gasteiger partial charge in [-0.15, -0.1) is 5.54 Å². The Kier molecular flexibility index (Phi) is 12.8. The van der Waals surface area contributed by atoms with Gasteiger partial charge in [0.2, 0.25) is 0 Å². The molecule has 4 heterocycles. The summed E-state index contributed by atoms with van der Waals surface area (Å²) in [5.74, 6) is 2.90. The molecule has 3 unspecified atom stereocenters. The van der Waals surface area contributed by atoms with Crippen LogP contribution in [0, 0.1) is 30.0 Å². The van der Waals surface area contributed by atoms with Gasteiger partial charge in [0.15, 0.2) is 12.6 Å². The maximum Gasteiger partial charge on any atom is 0.410 e. The Morgan fingerprint density at radius 1 is 1.00 bits per heavy atom. The molecule has 2 aromatic heterocycles. The zero-order valence-electron chi connectivity index (χ0n) is 36.8. The summed E-state index contributed by atoms with van der Waals surface area (Å²) in [6.07, 6.45) is 3.98. The van der Waals surface area contributed by atoms with Gasteiger partial charge in [-0.25, -0.2) is 18.6 Å². The van der Waals surface area contributed by atoms with Crippen LogP contribution >= 0.6 is 0 Å². The number of aromatic nitrogens is 2. The van der Waals surface area contributed by atoms with E-state index in [1.165, 1.54) is 13.2 Å². The molecule has 59 heavy (non-hydrogen) atoms. The number of fused-ring (bicyclic) bond motifs is 4. The topological polar surface area (TPSA) is 94.1 Å². The first-order chi connectivity index (χ1) is 27.8. The number of nitrogens with zero attached hydrogens (tertiary/aromatic N) is 4. The van der Waals surface area contributed by atoms with E-state index in [1.807, 2.05) is 39.5 Å². The summed E-state index contributed by atoms with van der Waals surface area (Å²) in [7, 11) is -0.780. The van der Waals surface area contributed by atoms with E-state index in [-0.39, 0.29) is 48.6 Å². The van der Waals surface area contributed by atoms with E-state index in [9.17, 15) is 9.59 Å². The number of anilines is 1. The summed E-state index contributed by atoms with van der Waals surface area (Å²) in [4.78, 5) is 39.1. The molecule has 2 bridgehead atoms. The van der Waals surface area contributed by atoms with Crippen LogP contribution < -0.4 is 9.64 Å². The largest absolute Gasteiger partial charge is 0.468 e. The lowest BCUT2D eigenvalue weighted by Gasteiger charge is -2.42. The second-order valence-corrected chi connectivity index (χ2v) is 23.9. The molecule has 0 spiro atoms. The smallest absolute Gasteiger partial charge is 0.410 e. The van der Waals surface area contributed by atoms with Crippen molar-refractivity contribution in [1.29, 1.82) is 0 Å². The van der Waals surface area contributed by atoms with Crippen LogP contribution in [0.15, 0.2) is 30.5 Å².